The normalized spacial score (nSPS) is 17.3. The molecule has 0 saturated carbocycles. The fourth-order valence-corrected chi connectivity index (χ4v) is 4.40. The summed E-state index contributed by atoms with van der Waals surface area (Å²) in [6.07, 6.45) is 2.12. The van der Waals surface area contributed by atoms with Crippen LogP contribution in [-0.4, -0.2) is 34.5 Å². The fourth-order valence-electron chi connectivity index (χ4n) is 4.40. The largest absolute Gasteiger partial charge is 0.381 e. The van der Waals surface area contributed by atoms with E-state index in [0.717, 1.165) is 48.4 Å². The zero-order valence-electron chi connectivity index (χ0n) is 16.3. The Kier molecular flexibility index (Phi) is 4.65. The third-order valence-electron chi connectivity index (χ3n) is 5.72. The van der Waals surface area contributed by atoms with Gasteiger partial charge >= 0.3 is 0 Å². The van der Waals surface area contributed by atoms with Gasteiger partial charge in [0, 0.05) is 37.3 Å². The molecule has 140 valence electrons. The van der Waals surface area contributed by atoms with Crippen molar-refractivity contribution in [1.29, 1.82) is 0 Å². The molecule has 1 saturated heterocycles. The van der Waals surface area contributed by atoms with E-state index >= 15 is 0 Å². The van der Waals surface area contributed by atoms with E-state index in [9.17, 15) is 4.79 Å². The average molecular weight is 361 g/mol. The molecular weight excluding hydrogens is 334 g/mol. The van der Waals surface area contributed by atoms with Crippen molar-refractivity contribution in [2.45, 2.75) is 32.7 Å². The summed E-state index contributed by atoms with van der Waals surface area (Å²) in [6, 6.07) is 16.8. The van der Waals surface area contributed by atoms with Crippen LogP contribution in [0.25, 0.3) is 10.9 Å². The number of hydrogen-bond acceptors (Lipinski definition) is 2. The summed E-state index contributed by atoms with van der Waals surface area (Å²) < 4.78 is 2.08. The minimum absolute atomic E-state index is 0.144. The number of fused-ring (bicyclic) bond motifs is 1. The predicted molar refractivity (Wildman–Crippen MR) is 111 cm³/mol. The maximum absolute atomic E-state index is 13.4. The van der Waals surface area contributed by atoms with Crippen LogP contribution in [0.4, 0.5) is 5.69 Å². The van der Waals surface area contributed by atoms with Crippen molar-refractivity contribution in [2.24, 2.45) is 7.05 Å². The summed E-state index contributed by atoms with van der Waals surface area (Å²) in [5, 5.41) is 4.76. The number of hydrogen-bond donors (Lipinski definition) is 1. The monoisotopic (exact) mass is 361 g/mol. The zero-order chi connectivity index (χ0) is 19.0. The molecule has 1 N–H and O–H groups in total. The second kappa shape index (κ2) is 7.10. The Morgan fingerprint density at radius 2 is 1.85 bits per heavy atom. The fraction of sp³-hybridized carbons (Fsp3) is 0.348. The molecule has 1 aliphatic rings. The third-order valence-corrected chi connectivity index (χ3v) is 5.72. The molecule has 2 aromatic carbocycles. The number of amides is 1. The van der Waals surface area contributed by atoms with E-state index in [2.05, 4.69) is 54.1 Å². The molecule has 0 spiro atoms. The second-order valence-electron chi connectivity index (χ2n) is 7.60. The van der Waals surface area contributed by atoms with E-state index < -0.39 is 0 Å². The molecule has 1 fully saturated rings. The van der Waals surface area contributed by atoms with E-state index in [-0.39, 0.29) is 5.91 Å². The molecule has 1 aliphatic heterocycles. The number of piperidine rings is 1. The first kappa shape index (κ1) is 17.7. The number of carbonyl (C=O) groups excluding carboxylic acids is 1. The lowest BCUT2D eigenvalue weighted by Crippen LogP contribution is -2.45. The van der Waals surface area contributed by atoms with Crippen molar-refractivity contribution >= 4 is 22.5 Å². The minimum Gasteiger partial charge on any atom is -0.381 e. The number of likely N-dealkylation sites (tertiary alicyclic amines) is 1. The molecule has 2 heterocycles. The predicted octanol–water partition coefficient (Wildman–Crippen LogP) is 4.51. The number of aromatic nitrogens is 1. The van der Waals surface area contributed by atoms with Crippen molar-refractivity contribution in [2.75, 3.05) is 18.4 Å². The van der Waals surface area contributed by atoms with Crippen molar-refractivity contribution in [3.05, 3.63) is 65.4 Å². The lowest BCUT2D eigenvalue weighted by Gasteiger charge is -2.34. The van der Waals surface area contributed by atoms with E-state index in [1.807, 2.05) is 30.1 Å². The Balaban J connectivity index is 1.59. The first-order valence-corrected chi connectivity index (χ1v) is 9.71. The van der Waals surface area contributed by atoms with Crippen LogP contribution in [0, 0.1) is 13.8 Å². The van der Waals surface area contributed by atoms with Crippen LogP contribution in [0.3, 0.4) is 0 Å². The van der Waals surface area contributed by atoms with Crippen LogP contribution in [0.5, 0.6) is 0 Å². The van der Waals surface area contributed by atoms with Gasteiger partial charge in [-0.25, -0.2) is 0 Å². The Morgan fingerprint density at radius 1 is 1.07 bits per heavy atom. The molecule has 0 unspecified atom stereocenters. The van der Waals surface area contributed by atoms with Gasteiger partial charge in [0.2, 0.25) is 0 Å². The number of rotatable bonds is 3. The van der Waals surface area contributed by atoms with Crippen LogP contribution in [0.15, 0.2) is 48.5 Å². The molecule has 0 radical (unpaired) electrons. The Bertz CT molecular complexity index is 974. The summed E-state index contributed by atoms with van der Waals surface area (Å²) in [5.41, 5.74) is 5.39. The van der Waals surface area contributed by atoms with Crippen LogP contribution >= 0.6 is 0 Å². The number of nitrogens with one attached hydrogen (secondary N) is 1. The number of anilines is 1. The Morgan fingerprint density at radius 3 is 2.59 bits per heavy atom. The summed E-state index contributed by atoms with van der Waals surface area (Å²) in [7, 11) is 2.01. The molecule has 3 aromatic rings. The Hall–Kier alpha value is -2.75. The van der Waals surface area contributed by atoms with Gasteiger partial charge in [0.05, 0.1) is 5.52 Å². The molecule has 4 rings (SSSR count). The van der Waals surface area contributed by atoms with E-state index in [1.165, 1.54) is 10.9 Å². The van der Waals surface area contributed by atoms with Crippen molar-refractivity contribution in [1.82, 2.24) is 9.47 Å². The Labute approximate surface area is 160 Å². The summed E-state index contributed by atoms with van der Waals surface area (Å²) >= 11 is 0. The second-order valence-corrected chi connectivity index (χ2v) is 7.60. The first-order chi connectivity index (χ1) is 13.1. The standard InChI is InChI=1S/C23H27N3O/c1-16-9-7-13-20-17(2)22(25(3)21(16)20)23(27)26-14-8-12-19(15-26)24-18-10-5-4-6-11-18/h4-7,9-11,13,19,24H,8,12,14-15H2,1-3H3/t19-/m1/s1. The van der Waals surface area contributed by atoms with E-state index in [0.29, 0.717) is 6.04 Å². The van der Waals surface area contributed by atoms with Gasteiger partial charge in [-0.15, -0.1) is 0 Å². The average Bonchev–Trinajstić information content (AvgIpc) is 2.94. The number of benzene rings is 2. The van der Waals surface area contributed by atoms with E-state index in [1.54, 1.807) is 0 Å². The number of nitrogens with zero attached hydrogens (tertiary/aromatic N) is 2. The molecule has 27 heavy (non-hydrogen) atoms. The number of para-hydroxylation sites is 2. The van der Waals surface area contributed by atoms with Crippen LogP contribution in [0.2, 0.25) is 0 Å². The highest BCUT2D eigenvalue weighted by Crippen LogP contribution is 2.29. The highest BCUT2D eigenvalue weighted by molar-refractivity contribution is 6.02. The lowest BCUT2D eigenvalue weighted by molar-refractivity contribution is 0.0705. The molecule has 1 amide bonds. The topological polar surface area (TPSA) is 37.3 Å². The van der Waals surface area contributed by atoms with Crippen molar-refractivity contribution in [3.63, 3.8) is 0 Å². The first-order valence-electron chi connectivity index (χ1n) is 9.71. The molecule has 0 aliphatic carbocycles. The molecule has 1 aromatic heterocycles. The maximum atomic E-state index is 13.4. The van der Waals surface area contributed by atoms with Gasteiger partial charge in [0.25, 0.3) is 5.91 Å². The van der Waals surface area contributed by atoms with Gasteiger partial charge in [-0.2, -0.15) is 0 Å². The van der Waals surface area contributed by atoms with Gasteiger partial charge in [-0.05, 0) is 49.9 Å². The molecule has 4 heteroatoms. The van der Waals surface area contributed by atoms with Gasteiger partial charge in [0.1, 0.15) is 5.69 Å². The smallest absolute Gasteiger partial charge is 0.270 e. The van der Waals surface area contributed by atoms with Gasteiger partial charge in [0.15, 0.2) is 0 Å². The van der Waals surface area contributed by atoms with Crippen LogP contribution in [-0.2, 0) is 7.05 Å². The van der Waals surface area contributed by atoms with Gasteiger partial charge < -0.3 is 14.8 Å². The highest BCUT2D eigenvalue weighted by atomic mass is 16.2. The molecule has 4 nitrogen and oxygen atoms in total. The number of aryl methyl sites for hydroxylation is 3. The third kappa shape index (κ3) is 3.20. The molecular formula is C23H27N3O. The SMILES string of the molecule is Cc1c(C(=O)N2CCC[C@@H](Nc3ccccc3)C2)n(C)c2c(C)cccc12. The summed E-state index contributed by atoms with van der Waals surface area (Å²) in [5.74, 6) is 0.144. The van der Waals surface area contributed by atoms with Crippen molar-refractivity contribution in [3.8, 4) is 0 Å². The lowest BCUT2D eigenvalue weighted by atomic mass is 10.0. The highest BCUT2D eigenvalue weighted by Gasteiger charge is 2.28. The van der Waals surface area contributed by atoms with Crippen LogP contribution in [0.1, 0.15) is 34.5 Å². The quantitative estimate of drug-likeness (QED) is 0.745. The van der Waals surface area contributed by atoms with Crippen molar-refractivity contribution < 1.29 is 4.79 Å². The van der Waals surface area contributed by atoms with E-state index in [4.69, 9.17) is 0 Å². The maximum Gasteiger partial charge on any atom is 0.270 e. The number of carbonyl (C=O) groups is 1. The van der Waals surface area contributed by atoms with Gasteiger partial charge in [-0.3, -0.25) is 4.79 Å². The summed E-state index contributed by atoms with van der Waals surface area (Å²) in [6.45, 7) is 5.74. The zero-order valence-corrected chi connectivity index (χ0v) is 16.3. The molecule has 1 atom stereocenters. The van der Waals surface area contributed by atoms with Crippen LogP contribution < -0.4 is 5.32 Å². The summed E-state index contributed by atoms with van der Waals surface area (Å²) in [4.78, 5) is 15.4. The molecule has 0 bridgehead atoms. The van der Waals surface area contributed by atoms with Gasteiger partial charge in [-0.1, -0.05) is 36.4 Å². The minimum atomic E-state index is 0.144.